The molecule has 1 aliphatic heterocycles. The van der Waals surface area contributed by atoms with E-state index in [4.69, 9.17) is 14.5 Å². The smallest absolute Gasteiger partial charge is 0.341 e. The zero-order valence-corrected chi connectivity index (χ0v) is 20.4. The van der Waals surface area contributed by atoms with E-state index in [1.165, 1.54) is 28.7 Å². The molecular weight excluding hydrogens is 479 g/mol. The lowest BCUT2D eigenvalue weighted by atomic mass is 10.1. The topological polar surface area (TPSA) is 104 Å². The molecule has 0 bridgehead atoms. The van der Waals surface area contributed by atoms with E-state index in [2.05, 4.69) is 4.99 Å². The summed E-state index contributed by atoms with van der Waals surface area (Å²) in [7, 11) is 0. The zero-order chi connectivity index (χ0) is 26.1. The Balaban J connectivity index is 1.88. The fourth-order valence-electron chi connectivity index (χ4n) is 4.51. The van der Waals surface area contributed by atoms with Crippen molar-refractivity contribution in [3.05, 3.63) is 87.0 Å². The summed E-state index contributed by atoms with van der Waals surface area (Å²) in [6, 6.07) is 10.1. The van der Waals surface area contributed by atoms with Crippen molar-refractivity contribution in [2.24, 2.45) is 4.99 Å². The van der Waals surface area contributed by atoms with Gasteiger partial charge in [-0.25, -0.2) is 14.2 Å². The Morgan fingerprint density at radius 3 is 2.78 bits per heavy atom. The molecule has 9 nitrogen and oxygen atoms in total. The van der Waals surface area contributed by atoms with E-state index in [0.717, 1.165) is 24.5 Å². The highest BCUT2D eigenvalue weighted by Gasteiger charge is 2.24. The van der Waals surface area contributed by atoms with Crippen molar-refractivity contribution >= 4 is 28.6 Å². The number of ether oxygens (including phenoxy) is 2. The van der Waals surface area contributed by atoms with Gasteiger partial charge in [0.15, 0.2) is 5.49 Å². The first-order valence-electron chi connectivity index (χ1n) is 12.1. The molecule has 3 aromatic heterocycles. The Hall–Kier alpha value is -4.18. The van der Waals surface area contributed by atoms with Gasteiger partial charge in [-0.1, -0.05) is 12.1 Å². The Morgan fingerprint density at radius 2 is 2.05 bits per heavy atom. The number of aromatic nitrogens is 3. The van der Waals surface area contributed by atoms with Crippen molar-refractivity contribution in [1.82, 2.24) is 14.0 Å². The lowest BCUT2D eigenvalue weighted by molar-refractivity contribution is 0.0521. The first-order valence-corrected chi connectivity index (χ1v) is 12.1. The lowest BCUT2D eigenvalue weighted by Crippen LogP contribution is -2.35. The number of rotatable bonds is 5. The molecule has 0 aliphatic carbocycles. The molecule has 10 heteroatoms. The second-order valence-corrected chi connectivity index (χ2v) is 8.81. The van der Waals surface area contributed by atoms with Gasteiger partial charge in [0.05, 0.1) is 24.6 Å². The third kappa shape index (κ3) is 4.67. The van der Waals surface area contributed by atoms with Crippen LogP contribution in [0.3, 0.4) is 0 Å². The first-order chi connectivity index (χ1) is 17.9. The van der Waals surface area contributed by atoms with Gasteiger partial charge >= 0.3 is 5.97 Å². The molecule has 1 unspecified atom stereocenters. The highest BCUT2D eigenvalue weighted by Crippen LogP contribution is 2.18. The number of hydrogen-bond donors (Lipinski definition) is 0. The number of carbonyl (C=O) groups is 2. The van der Waals surface area contributed by atoms with Crippen LogP contribution in [-0.4, -0.2) is 45.1 Å². The van der Waals surface area contributed by atoms with Gasteiger partial charge in [0.25, 0.3) is 11.5 Å². The van der Waals surface area contributed by atoms with Crippen LogP contribution in [-0.2, 0) is 16.0 Å². The third-order valence-electron chi connectivity index (χ3n) is 6.29. The van der Waals surface area contributed by atoms with Gasteiger partial charge in [-0.3, -0.25) is 14.0 Å². The molecular formula is C27H25FN4O5. The number of esters is 1. The van der Waals surface area contributed by atoms with Gasteiger partial charge in [-0.2, -0.15) is 4.99 Å². The number of fused-ring (bicyclic) bond motifs is 2. The predicted octanol–water partition coefficient (Wildman–Crippen LogP) is 3.19. The van der Waals surface area contributed by atoms with Crippen LogP contribution in [0.25, 0.3) is 16.7 Å². The van der Waals surface area contributed by atoms with Gasteiger partial charge in [0, 0.05) is 18.4 Å². The standard InChI is InChI=1S/C27H25FN4O5/c1-3-36-27(35)21-14-20-23(29-22-16(2)7-5-11-31(22)26(20)34)32(15-19-10-6-12-37-19)24(21)30-25(33)17-8-4-9-18(28)13-17/h4-5,7-9,11,13-14,19H,3,6,10,12,15H2,1-2H3. The van der Waals surface area contributed by atoms with Gasteiger partial charge in [-0.15, -0.1) is 0 Å². The molecule has 1 atom stereocenters. The number of halogens is 1. The van der Waals surface area contributed by atoms with Crippen molar-refractivity contribution in [2.75, 3.05) is 13.2 Å². The average molecular weight is 505 g/mol. The lowest BCUT2D eigenvalue weighted by Gasteiger charge is -2.18. The molecule has 1 saturated heterocycles. The number of hydrogen-bond acceptors (Lipinski definition) is 6. The van der Waals surface area contributed by atoms with Crippen molar-refractivity contribution in [3.8, 4) is 0 Å². The van der Waals surface area contributed by atoms with E-state index in [1.807, 2.05) is 13.0 Å². The summed E-state index contributed by atoms with van der Waals surface area (Å²) in [5.41, 5.74) is 1.01. The Kier molecular flexibility index (Phi) is 6.66. The fourth-order valence-corrected chi connectivity index (χ4v) is 4.51. The van der Waals surface area contributed by atoms with E-state index < -0.39 is 17.7 Å². The maximum atomic E-state index is 13.8. The van der Waals surface area contributed by atoms with Crippen molar-refractivity contribution in [2.45, 2.75) is 39.3 Å². The van der Waals surface area contributed by atoms with Crippen molar-refractivity contribution in [1.29, 1.82) is 0 Å². The summed E-state index contributed by atoms with van der Waals surface area (Å²) in [5.74, 6) is -2.08. The van der Waals surface area contributed by atoms with Gasteiger partial charge < -0.3 is 14.0 Å². The number of carbonyl (C=O) groups excluding carboxylic acids is 2. The predicted molar refractivity (Wildman–Crippen MR) is 133 cm³/mol. The summed E-state index contributed by atoms with van der Waals surface area (Å²) in [6.45, 7) is 4.35. The minimum Gasteiger partial charge on any atom is -0.462 e. The second kappa shape index (κ2) is 10.1. The number of benzene rings is 1. The number of amides is 1. The maximum absolute atomic E-state index is 13.8. The summed E-state index contributed by atoms with van der Waals surface area (Å²) >= 11 is 0. The monoisotopic (exact) mass is 504 g/mol. The van der Waals surface area contributed by atoms with Crippen LogP contribution in [0.15, 0.2) is 58.4 Å². The molecule has 1 aromatic carbocycles. The van der Waals surface area contributed by atoms with Gasteiger partial charge in [-0.05, 0) is 62.6 Å². The van der Waals surface area contributed by atoms with E-state index in [0.29, 0.717) is 12.3 Å². The number of aryl methyl sites for hydroxylation is 1. The SMILES string of the molecule is CCOC(=O)c1cc2c(=O)n3cccc(C)c3nc2n(CC2CCCO2)c1=NC(=O)c1cccc(F)c1. The van der Waals surface area contributed by atoms with Crippen molar-refractivity contribution < 1.29 is 23.5 Å². The quantitative estimate of drug-likeness (QED) is 0.305. The first kappa shape index (κ1) is 24.5. The Bertz CT molecular complexity index is 1670. The molecule has 0 saturated carbocycles. The summed E-state index contributed by atoms with van der Waals surface area (Å²) in [6.07, 6.45) is 2.98. The minimum absolute atomic E-state index is 0.0148. The van der Waals surface area contributed by atoms with Crippen LogP contribution >= 0.6 is 0 Å². The number of pyridine rings is 2. The van der Waals surface area contributed by atoms with Crippen LogP contribution in [0.2, 0.25) is 0 Å². The molecule has 5 rings (SSSR count). The largest absolute Gasteiger partial charge is 0.462 e. The molecule has 190 valence electrons. The molecule has 37 heavy (non-hydrogen) atoms. The normalized spacial score (nSPS) is 16.0. The molecule has 0 spiro atoms. The minimum atomic E-state index is -0.751. The third-order valence-corrected chi connectivity index (χ3v) is 6.29. The molecule has 4 aromatic rings. The van der Waals surface area contributed by atoms with Crippen LogP contribution in [0.1, 0.15) is 46.0 Å². The van der Waals surface area contributed by atoms with E-state index >= 15 is 0 Å². The van der Waals surface area contributed by atoms with Crippen LogP contribution < -0.4 is 11.0 Å². The second-order valence-electron chi connectivity index (χ2n) is 8.81. The summed E-state index contributed by atoms with van der Waals surface area (Å²) < 4.78 is 27.9. The maximum Gasteiger partial charge on any atom is 0.341 e. The molecule has 0 radical (unpaired) electrons. The molecule has 4 heterocycles. The van der Waals surface area contributed by atoms with Crippen LogP contribution in [0, 0.1) is 12.7 Å². The highest BCUT2D eigenvalue weighted by atomic mass is 19.1. The summed E-state index contributed by atoms with van der Waals surface area (Å²) in [4.78, 5) is 48.8. The van der Waals surface area contributed by atoms with E-state index in [-0.39, 0.29) is 52.5 Å². The van der Waals surface area contributed by atoms with E-state index in [1.54, 1.807) is 23.8 Å². The number of nitrogens with zero attached hydrogens (tertiary/aromatic N) is 4. The average Bonchev–Trinajstić information content (AvgIpc) is 3.39. The summed E-state index contributed by atoms with van der Waals surface area (Å²) in [5, 5.41) is 0.168. The fraction of sp³-hybridized carbons (Fsp3) is 0.296. The Morgan fingerprint density at radius 1 is 1.22 bits per heavy atom. The Labute approximate surface area is 210 Å². The molecule has 0 N–H and O–H groups in total. The molecule has 1 aliphatic rings. The molecule has 1 fully saturated rings. The highest BCUT2D eigenvalue weighted by molar-refractivity contribution is 5.97. The molecule has 1 amide bonds. The van der Waals surface area contributed by atoms with Crippen LogP contribution in [0.5, 0.6) is 0 Å². The van der Waals surface area contributed by atoms with Gasteiger partial charge in [0.2, 0.25) is 0 Å². The van der Waals surface area contributed by atoms with Crippen LogP contribution in [0.4, 0.5) is 4.39 Å². The van der Waals surface area contributed by atoms with E-state index in [9.17, 15) is 18.8 Å². The van der Waals surface area contributed by atoms with Gasteiger partial charge in [0.1, 0.15) is 22.7 Å². The van der Waals surface area contributed by atoms with Crippen molar-refractivity contribution in [3.63, 3.8) is 0 Å². The zero-order valence-electron chi connectivity index (χ0n) is 20.4.